The fourth-order valence-electron chi connectivity index (χ4n) is 4.49. The number of hydrogen-bond donors (Lipinski definition) is 2. The van der Waals surface area contributed by atoms with Gasteiger partial charge in [0.15, 0.2) is 5.78 Å². The van der Waals surface area contributed by atoms with Gasteiger partial charge in [-0.15, -0.1) is 0 Å². The summed E-state index contributed by atoms with van der Waals surface area (Å²) in [4.78, 5) is 36.1. The second-order valence-electron chi connectivity index (χ2n) is 7.56. The summed E-state index contributed by atoms with van der Waals surface area (Å²) in [5.41, 5.74) is -1.44. The van der Waals surface area contributed by atoms with Gasteiger partial charge < -0.3 is 9.84 Å². The first-order chi connectivity index (χ1) is 10.4. The van der Waals surface area contributed by atoms with Gasteiger partial charge >= 0.3 is 11.9 Å². The van der Waals surface area contributed by atoms with Crippen molar-refractivity contribution >= 4 is 17.7 Å². The van der Waals surface area contributed by atoms with E-state index in [1.54, 1.807) is 6.92 Å². The molecule has 0 aromatic rings. The third-order valence-electron chi connectivity index (χ3n) is 6.17. The molecule has 120 valence electrons. The molecule has 0 saturated heterocycles. The molecule has 2 N–H and O–H groups in total. The van der Waals surface area contributed by atoms with Crippen molar-refractivity contribution in [2.45, 2.75) is 57.0 Å². The Morgan fingerprint density at radius 1 is 1.32 bits per heavy atom. The molecular formula is C16H21NO5. The number of aliphatic carboxylic acids is 1. The SMILES string of the molecule is CCOC(=O)C1(NC2C(=O)C23CC2(CC2)C[C@H]3C(=O)O)CC1. The molecule has 0 aromatic carbocycles. The molecule has 4 aliphatic carbocycles. The summed E-state index contributed by atoms with van der Waals surface area (Å²) in [7, 11) is 0. The lowest BCUT2D eigenvalue weighted by molar-refractivity contribution is -0.147. The molecule has 0 bridgehead atoms. The van der Waals surface area contributed by atoms with Crippen LogP contribution in [0.25, 0.3) is 0 Å². The molecule has 0 amide bonds. The molecule has 6 heteroatoms. The molecule has 2 unspecified atom stereocenters. The van der Waals surface area contributed by atoms with Crippen LogP contribution in [0.4, 0.5) is 0 Å². The van der Waals surface area contributed by atoms with Gasteiger partial charge in [0.2, 0.25) is 0 Å². The first-order valence-electron chi connectivity index (χ1n) is 8.11. The van der Waals surface area contributed by atoms with Gasteiger partial charge in [-0.3, -0.25) is 19.7 Å². The summed E-state index contributed by atoms with van der Waals surface area (Å²) >= 11 is 0. The van der Waals surface area contributed by atoms with Gasteiger partial charge in [0.25, 0.3) is 0 Å². The Bertz CT molecular complexity index is 577. The Balaban J connectivity index is 1.54. The van der Waals surface area contributed by atoms with Gasteiger partial charge in [0, 0.05) is 0 Å². The summed E-state index contributed by atoms with van der Waals surface area (Å²) in [6.07, 6.45) is 4.66. The Morgan fingerprint density at radius 3 is 2.50 bits per heavy atom. The van der Waals surface area contributed by atoms with E-state index in [-0.39, 0.29) is 17.2 Å². The number of Topliss-reactive ketones (excluding diaryl/α,β-unsaturated/α-hetero) is 1. The van der Waals surface area contributed by atoms with Crippen molar-refractivity contribution in [3.63, 3.8) is 0 Å². The van der Waals surface area contributed by atoms with Crippen LogP contribution >= 0.6 is 0 Å². The third kappa shape index (κ3) is 1.73. The van der Waals surface area contributed by atoms with Crippen molar-refractivity contribution in [3.8, 4) is 0 Å². The fraction of sp³-hybridized carbons (Fsp3) is 0.812. The Morgan fingerprint density at radius 2 is 2.00 bits per heavy atom. The maximum absolute atomic E-state index is 12.5. The van der Waals surface area contributed by atoms with Gasteiger partial charge in [0.1, 0.15) is 5.54 Å². The van der Waals surface area contributed by atoms with Crippen LogP contribution in [0, 0.1) is 16.7 Å². The topological polar surface area (TPSA) is 92.7 Å². The van der Waals surface area contributed by atoms with Gasteiger partial charge in [-0.05, 0) is 50.9 Å². The number of carbonyl (C=O) groups is 3. The van der Waals surface area contributed by atoms with E-state index < -0.39 is 28.9 Å². The molecule has 22 heavy (non-hydrogen) atoms. The molecule has 0 heterocycles. The number of ketones is 1. The minimum atomic E-state index is -0.873. The predicted octanol–water partition coefficient (Wildman–Crippen LogP) is 0.884. The van der Waals surface area contributed by atoms with E-state index in [9.17, 15) is 19.5 Å². The molecule has 6 nitrogen and oxygen atoms in total. The van der Waals surface area contributed by atoms with Crippen molar-refractivity contribution in [2.75, 3.05) is 6.61 Å². The smallest absolute Gasteiger partial charge is 0.326 e. The molecule has 0 radical (unpaired) electrons. The average Bonchev–Trinajstić information content (AvgIpc) is 3.38. The van der Waals surface area contributed by atoms with Crippen LogP contribution in [0.2, 0.25) is 0 Å². The summed E-state index contributed by atoms with van der Waals surface area (Å²) in [5, 5.41) is 12.7. The van der Waals surface area contributed by atoms with E-state index in [2.05, 4.69) is 5.32 Å². The monoisotopic (exact) mass is 307 g/mol. The molecule has 4 saturated carbocycles. The summed E-state index contributed by atoms with van der Waals surface area (Å²) in [6.45, 7) is 2.07. The summed E-state index contributed by atoms with van der Waals surface area (Å²) in [5.74, 6) is -1.80. The molecule has 0 aromatic heterocycles. The van der Waals surface area contributed by atoms with E-state index in [1.807, 2.05) is 0 Å². The predicted molar refractivity (Wildman–Crippen MR) is 75.0 cm³/mol. The van der Waals surface area contributed by atoms with Crippen molar-refractivity contribution in [1.82, 2.24) is 5.32 Å². The van der Waals surface area contributed by atoms with Crippen LogP contribution in [0.15, 0.2) is 0 Å². The molecule has 4 aliphatic rings. The highest BCUT2D eigenvalue weighted by Gasteiger charge is 2.79. The summed E-state index contributed by atoms with van der Waals surface area (Å²) < 4.78 is 5.08. The van der Waals surface area contributed by atoms with E-state index in [0.717, 1.165) is 12.8 Å². The van der Waals surface area contributed by atoms with Crippen LogP contribution < -0.4 is 5.32 Å². The highest BCUT2D eigenvalue weighted by atomic mass is 16.5. The van der Waals surface area contributed by atoms with Crippen LogP contribution in [0.3, 0.4) is 0 Å². The van der Waals surface area contributed by atoms with E-state index in [4.69, 9.17) is 4.74 Å². The lowest BCUT2D eigenvalue weighted by atomic mass is 9.91. The van der Waals surface area contributed by atoms with Crippen LogP contribution in [0.5, 0.6) is 0 Å². The lowest BCUT2D eigenvalue weighted by Gasteiger charge is -2.18. The number of esters is 1. The fourth-order valence-corrected chi connectivity index (χ4v) is 4.49. The zero-order valence-corrected chi connectivity index (χ0v) is 12.7. The number of ether oxygens (including phenoxy) is 1. The largest absolute Gasteiger partial charge is 0.481 e. The lowest BCUT2D eigenvalue weighted by Crippen LogP contribution is -2.44. The first-order valence-corrected chi connectivity index (χ1v) is 8.11. The number of nitrogens with one attached hydrogen (secondary N) is 1. The molecule has 2 spiro atoms. The number of carbonyl (C=O) groups excluding carboxylic acids is 2. The quantitative estimate of drug-likeness (QED) is 0.733. The molecule has 4 fully saturated rings. The Hall–Kier alpha value is -1.43. The second kappa shape index (κ2) is 4.10. The van der Waals surface area contributed by atoms with Crippen molar-refractivity contribution < 1.29 is 24.2 Å². The van der Waals surface area contributed by atoms with Crippen LogP contribution in [-0.2, 0) is 19.1 Å². The van der Waals surface area contributed by atoms with E-state index in [0.29, 0.717) is 32.3 Å². The molecule has 3 atom stereocenters. The highest BCUT2D eigenvalue weighted by Crippen LogP contribution is 2.72. The van der Waals surface area contributed by atoms with Gasteiger partial charge in [-0.25, -0.2) is 0 Å². The van der Waals surface area contributed by atoms with Crippen LogP contribution in [-0.4, -0.2) is 41.0 Å². The standard InChI is InChI=1S/C16H21NO5/c1-2-22-13(21)15(5-6-15)17-10-11(18)16(10)8-14(3-4-14)7-9(16)12(19)20/h9-10,17H,2-8H2,1H3,(H,19,20)/t9-,10?,16?/m0/s1. The first kappa shape index (κ1) is 14.2. The van der Waals surface area contributed by atoms with Gasteiger partial charge in [-0.2, -0.15) is 0 Å². The minimum absolute atomic E-state index is 0.0146. The minimum Gasteiger partial charge on any atom is -0.481 e. The maximum atomic E-state index is 12.5. The third-order valence-corrected chi connectivity index (χ3v) is 6.17. The number of rotatable bonds is 5. The molecular weight excluding hydrogens is 286 g/mol. The highest BCUT2D eigenvalue weighted by molar-refractivity contribution is 6.11. The van der Waals surface area contributed by atoms with Gasteiger partial charge in [-0.1, -0.05) is 0 Å². The van der Waals surface area contributed by atoms with Crippen LogP contribution in [0.1, 0.15) is 45.4 Å². The number of carboxylic acids is 1. The van der Waals surface area contributed by atoms with Gasteiger partial charge in [0.05, 0.1) is 24.0 Å². The Labute approximate surface area is 128 Å². The van der Waals surface area contributed by atoms with E-state index in [1.165, 1.54) is 0 Å². The summed E-state index contributed by atoms with van der Waals surface area (Å²) in [6, 6.07) is -0.486. The zero-order valence-electron chi connectivity index (χ0n) is 12.7. The normalized spacial score (nSPS) is 39.0. The molecule has 4 rings (SSSR count). The van der Waals surface area contributed by atoms with Crippen molar-refractivity contribution in [1.29, 1.82) is 0 Å². The van der Waals surface area contributed by atoms with Crippen molar-refractivity contribution in [3.05, 3.63) is 0 Å². The number of hydrogen-bond acceptors (Lipinski definition) is 5. The zero-order chi connectivity index (χ0) is 15.8. The second-order valence-corrected chi connectivity index (χ2v) is 7.56. The molecule has 0 aliphatic heterocycles. The van der Waals surface area contributed by atoms with Crippen molar-refractivity contribution in [2.24, 2.45) is 16.7 Å². The Kier molecular flexibility index (Phi) is 2.64. The van der Waals surface area contributed by atoms with E-state index >= 15 is 0 Å². The number of carboxylic acid groups (broad SMARTS) is 1. The maximum Gasteiger partial charge on any atom is 0.326 e. The average molecular weight is 307 g/mol.